The Hall–Kier alpha value is 0.340. The number of halogens is 3. The third kappa shape index (κ3) is 24.5. The quantitative estimate of drug-likeness (QED) is 0.563. The molecule has 0 aliphatic rings. The van der Waals surface area contributed by atoms with Gasteiger partial charge in [0.1, 0.15) is 0 Å². The first-order valence-corrected chi connectivity index (χ1v) is 5.32. The zero-order valence-corrected chi connectivity index (χ0v) is 10.3. The first-order chi connectivity index (χ1) is 5.90. The number of carbonyl (C=O) groups excluding carboxylic acids is 1. The summed E-state index contributed by atoms with van der Waals surface area (Å²) in [5.74, 6) is -0.0903. The van der Waals surface area contributed by atoms with Crippen molar-refractivity contribution in [2.24, 2.45) is 0 Å². The first-order valence-electron chi connectivity index (χ1n) is 4.01. The maximum absolute atomic E-state index is 10.6. The summed E-state index contributed by atoms with van der Waals surface area (Å²) < 4.78 is 4.10. The van der Waals surface area contributed by atoms with Gasteiger partial charge in [0.15, 0.2) is 4.30 Å². The molecule has 0 heterocycles. The van der Waals surface area contributed by atoms with Gasteiger partial charge in [0.25, 0.3) is 0 Å². The van der Waals surface area contributed by atoms with Gasteiger partial charge in [-0.1, -0.05) is 41.7 Å². The Morgan fingerprint density at radius 1 is 1.31 bits per heavy atom. The van der Waals surface area contributed by atoms with Crippen LogP contribution >= 0.6 is 34.8 Å². The molecule has 2 nitrogen and oxygen atoms in total. The summed E-state index contributed by atoms with van der Waals surface area (Å²) in [6, 6.07) is 0. The smallest absolute Gasteiger partial charge is 0.306 e. The van der Waals surface area contributed by atoms with Crippen LogP contribution in [0.3, 0.4) is 0 Å². The molecular weight excluding hydrogens is 234 g/mol. The van der Waals surface area contributed by atoms with Gasteiger partial charge in [-0.3, -0.25) is 4.79 Å². The zero-order chi connectivity index (χ0) is 10.9. The SMILES string of the molecule is CCCC(=O)OC(C)C.ClC(Cl)Cl. The van der Waals surface area contributed by atoms with E-state index in [0.29, 0.717) is 6.42 Å². The Kier molecular flexibility index (Phi) is 12.7. The fourth-order valence-electron chi connectivity index (χ4n) is 0.526. The Morgan fingerprint density at radius 3 is 1.92 bits per heavy atom. The zero-order valence-electron chi connectivity index (χ0n) is 8.02. The molecule has 0 bridgehead atoms. The Bertz CT molecular complexity index is 124. The maximum Gasteiger partial charge on any atom is 0.306 e. The number of ether oxygens (including phenoxy) is 1. The molecule has 5 heteroatoms. The van der Waals surface area contributed by atoms with E-state index in [1.54, 1.807) is 0 Å². The number of hydrogen-bond acceptors (Lipinski definition) is 2. The predicted molar refractivity (Wildman–Crippen MR) is 57.5 cm³/mol. The molecule has 0 aliphatic heterocycles. The van der Waals surface area contributed by atoms with Crippen molar-refractivity contribution in [1.82, 2.24) is 0 Å². The van der Waals surface area contributed by atoms with Gasteiger partial charge >= 0.3 is 5.97 Å². The fourth-order valence-corrected chi connectivity index (χ4v) is 0.526. The monoisotopic (exact) mass is 248 g/mol. The molecule has 13 heavy (non-hydrogen) atoms. The largest absolute Gasteiger partial charge is 0.463 e. The van der Waals surface area contributed by atoms with E-state index >= 15 is 0 Å². The van der Waals surface area contributed by atoms with Gasteiger partial charge in [-0.2, -0.15) is 0 Å². The third-order valence-electron chi connectivity index (χ3n) is 0.821. The number of esters is 1. The second-order valence-electron chi connectivity index (χ2n) is 2.54. The van der Waals surface area contributed by atoms with Crippen LogP contribution in [0.2, 0.25) is 0 Å². The van der Waals surface area contributed by atoms with Gasteiger partial charge < -0.3 is 4.74 Å². The fraction of sp³-hybridized carbons (Fsp3) is 0.875. The van der Waals surface area contributed by atoms with E-state index in [0.717, 1.165) is 6.42 Å². The highest BCUT2D eigenvalue weighted by Gasteiger charge is 2.01. The van der Waals surface area contributed by atoms with Crippen molar-refractivity contribution >= 4 is 40.8 Å². The van der Waals surface area contributed by atoms with Crippen molar-refractivity contribution in [2.75, 3.05) is 0 Å². The summed E-state index contributed by atoms with van der Waals surface area (Å²) in [5, 5.41) is 0. The second kappa shape index (κ2) is 10.4. The molecule has 80 valence electrons. The van der Waals surface area contributed by atoms with E-state index < -0.39 is 4.30 Å². The molecular formula is C8H15Cl3O2. The maximum atomic E-state index is 10.6. The van der Waals surface area contributed by atoms with Gasteiger partial charge in [0.05, 0.1) is 6.10 Å². The van der Waals surface area contributed by atoms with E-state index in [1.807, 2.05) is 20.8 Å². The highest BCUT2D eigenvalue weighted by atomic mass is 35.6. The summed E-state index contributed by atoms with van der Waals surface area (Å²) >= 11 is 14.4. The molecule has 0 spiro atoms. The Morgan fingerprint density at radius 2 is 1.69 bits per heavy atom. The van der Waals surface area contributed by atoms with E-state index in [9.17, 15) is 4.79 Å². The van der Waals surface area contributed by atoms with Crippen LogP contribution in [0.1, 0.15) is 33.6 Å². The van der Waals surface area contributed by atoms with E-state index in [4.69, 9.17) is 39.5 Å². The van der Waals surface area contributed by atoms with Crippen molar-refractivity contribution in [3.8, 4) is 0 Å². The van der Waals surface area contributed by atoms with Crippen LogP contribution in [-0.2, 0) is 9.53 Å². The van der Waals surface area contributed by atoms with Crippen LogP contribution in [0, 0.1) is 0 Å². The predicted octanol–water partition coefficient (Wildman–Crippen LogP) is 3.72. The molecule has 0 saturated heterocycles. The number of rotatable bonds is 3. The molecule has 0 saturated carbocycles. The second-order valence-corrected chi connectivity index (χ2v) is 4.52. The van der Waals surface area contributed by atoms with Crippen molar-refractivity contribution in [1.29, 1.82) is 0 Å². The van der Waals surface area contributed by atoms with Crippen molar-refractivity contribution in [2.45, 2.75) is 44.0 Å². The van der Waals surface area contributed by atoms with E-state index in [2.05, 4.69) is 0 Å². The minimum Gasteiger partial charge on any atom is -0.463 e. The summed E-state index contributed by atoms with van der Waals surface area (Å²) in [5.41, 5.74) is 0. The molecule has 0 radical (unpaired) electrons. The topological polar surface area (TPSA) is 26.3 Å². The molecule has 0 aromatic heterocycles. The summed E-state index contributed by atoms with van der Waals surface area (Å²) in [7, 11) is 0. The first kappa shape index (κ1) is 15.8. The van der Waals surface area contributed by atoms with Gasteiger partial charge in [-0.05, 0) is 20.3 Å². The van der Waals surface area contributed by atoms with Crippen molar-refractivity contribution < 1.29 is 9.53 Å². The molecule has 0 fully saturated rings. The highest BCUT2D eigenvalue weighted by Crippen LogP contribution is 2.03. The minimum atomic E-state index is -0.750. The van der Waals surface area contributed by atoms with E-state index in [-0.39, 0.29) is 12.1 Å². The van der Waals surface area contributed by atoms with Crippen LogP contribution in [0.5, 0.6) is 0 Å². The van der Waals surface area contributed by atoms with Gasteiger partial charge in [0.2, 0.25) is 0 Å². The lowest BCUT2D eigenvalue weighted by molar-refractivity contribution is -0.147. The molecule has 0 rings (SSSR count). The summed E-state index contributed by atoms with van der Waals surface area (Å²) in [6.07, 6.45) is 1.44. The van der Waals surface area contributed by atoms with Crippen LogP contribution in [0.4, 0.5) is 0 Å². The lowest BCUT2D eigenvalue weighted by atomic mass is 10.3. The molecule has 0 aromatic carbocycles. The summed E-state index contributed by atoms with van der Waals surface area (Å²) in [6.45, 7) is 5.67. The van der Waals surface area contributed by atoms with Gasteiger partial charge in [-0.25, -0.2) is 0 Å². The van der Waals surface area contributed by atoms with E-state index in [1.165, 1.54) is 0 Å². The number of alkyl halides is 3. The minimum absolute atomic E-state index is 0.0315. The number of carbonyl (C=O) groups is 1. The average Bonchev–Trinajstić information content (AvgIpc) is 1.83. The molecule has 0 atom stereocenters. The van der Waals surface area contributed by atoms with Crippen LogP contribution in [0.15, 0.2) is 0 Å². The molecule has 0 N–H and O–H groups in total. The van der Waals surface area contributed by atoms with Gasteiger partial charge in [0, 0.05) is 6.42 Å². The van der Waals surface area contributed by atoms with Crippen molar-refractivity contribution in [3.63, 3.8) is 0 Å². The normalized spacial score (nSPS) is 9.54. The lowest BCUT2D eigenvalue weighted by Gasteiger charge is -2.05. The van der Waals surface area contributed by atoms with Crippen LogP contribution in [-0.4, -0.2) is 16.4 Å². The third-order valence-corrected chi connectivity index (χ3v) is 0.821. The number of hydrogen-bond donors (Lipinski definition) is 0. The van der Waals surface area contributed by atoms with Crippen LogP contribution < -0.4 is 0 Å². The van der Waals surface area contributed by atoms with Crippen LogP contribution in [0.25, 0.3) is 0 Å². The van der Waals surface area contributed by atoms with Gasteiger partial charge in [-0.15, -0.1) is 0 Å². The standard InChI is InChI=1S/C7H14O2.CHCl3/c1-4-5-7(8)9-6(2)3;2-1(3)4/h6H,4-5H2,1-3H3;1H. The lowest BCUT2D eigenvalue weighted by Crippen LogP contribution is -2.10. The molecule has 0 amide bonds. The molecule has 0 unspecified atom stereocenters. The molecule has 0 aliphatic carbocycles. The Balaban J connectivity index is 0. The Labute approximate surface area is 94.5 Å². The molecule has 0 aromatic rings. The summed E-state index contributed by atoms with van der Waals surface area (Å²) in [4.78, 5) is 10.6. The average molecular weight is 250 g/mol. The highest BCUT2D eigenvalue weighted by molar-refractivity contribution is 6.63. The van der Waals surface area contributed by atoms with Crippen molar-refractivity contribution in [3.05, 3.63) is 0 Å².